The van der Waals surface area contributed by atoms with Crippen LogP contribution in [-0.2, 0) is 13.6 Å². The summed E-state index contributed by atoms with van der Waals surface area (Å²) in [7, 11) is 1.94. The highest BCUT2D eigenvalue weighted by atomic mass is 32.1. The molecule has 0 bridgehead atoms. The summed E-state index contributed by atoms with van der Waals surface area (Å²) >= 11 is 1.80. The molecule has 2 heterocycles. The summed E-state index contributed by atoms with van der Waals surface area (Å²) in [4.78, 5) is 2.60. The molecule has 0 amide bonds. The number of nitrogens with one attached hydrogen (secondary N) is 1. The Balaban J connectivity index is 2.13. The van der Waals surface area contributed by atoms with Crippen molar-refractivity contribution < 1.29 is 0 Å². The zero-order valence-corrected chi connectivity index (χ0v) is 9.84. The molecule has 0 unspecified atom stereocenters. The van der Waals surface area contributed by atoms with Crippen LogP contribution in [0.1, 0.15) is 11.8 Å². The molecule has 1 N–H and O–H groups in total. The second-order valence-corrected chi connectivity index (χ2v) is 4.59. The maximum atomic E-state index is 4.38. The molecule has 2 rings (SSSR count). The number of hydrogen-bond donors (Lipinski definition) is 1. The molecule has 15 heavy (non-hydrogen) atoms. The van der Waals surface area contributed by atoms with Gasteiger partial charge in [-0.05, 0) is 24.7 Å². The van der Waals surface area contributed by atoms with Crippen molar-refractivity contribution in [3.8, 4) is 10.6 Å². The molecular weight excluding hydrogens is 206 g/mol. The third kappa shape index (κ3) is 2.46. The van der Waals surface area contributed by atoms with Gasteiger partial charge in [-0.15, -0.1) is 11.3 Å². The molecule has 0 aliphatic carbocycles. The number of hydrogen-bond acceptors (Lipinski definition) is 3. The molecule has 0 saturated carbocycles. The lowest BCUT2D eigenvalue weighted by atomic mass is 10.3. The van der Waals surface area contributed by atoms with Gasteiger partial charge in [-0.2, -0.15) is 5.10 Å². The molecule has 4 heteroatoms. The van der Waals surface area contributed by atoms with Crippen molar-refractivity contribution in [1.29, 1.82) is 0 Å². The van der Waals surface area contributed by atoms with Crippen LogP contribution in [0.4, 0.5) is 0 Å². The molecule has 0 spiro atoms. The van der Waals surface area contributed by atoms with Gasteiger partial charge in [0.15, 0.2) is 0 Å². The topological polar surface area (TPSA) is 29.9 Å². The van der Waals surface area contributed by atoms with Gasteiger partial charge in [0.2, 0.25) is 0 Å². The number of thiophene rings is 1. The number of nitrogens with zero attached hydrogens (tertiary/aromatic N) is 2. The van der Waals surface area contributed by atoms with Gasteiger partial charge in [0, 0.05) is 24.7 Å². The van der Waals surface area contributed by atoms with Crippen LogP contribution in [0.5, 0.6) is 0 Å². The Hall–Kier alpha value is -1.13. The SMILES string of the molecule is CCNCc1ccc(-c2ccn(C)n2)s1. The quantitative estimate of drug-likeness (QED) is 0.858. The fourth-order valence-electron chi connectivity index (χ4n) is 1.41. The predicted octanol–water partition coefficient (Wildman–Crippen LogP) is 2.26. The van der Waals surface area contributed by atoms with E-state index >= 15 is 0 Å². The first-order chi connectivity index (χ1) is 7.29. The van der Waals surface area contributed by atoms with Crippen LogP contribution in [0, 0.1) is 0 Å². The summed E-state index contributed by atoms with van der Waals surface area (Å²) in [6.07, 6.45) is 1.97. The lowest BCUT2D eigenvalue weighted by Crippen LogP contribution is -2.10. The van der Waals surface area contributed by atoms with Gasteiger partial charge >= 0.3 is 0 Å². The maximum Gasteiger partial charge on any atom is 0.102 e. The Kier molecular flexibility index (Phi) is 3.18. The van der Waals surface area contributed by atoms with E-state index in [2.05, 4.69) is 29.5 Å². The first-order valence-corrected chi connectivity index (χ1v) is 5.90. The van der Waals surface area contributed by atoms with Gasteiger partial charge in [0.25, 0.3) is 0 Å². The Morgan fingerprint density at radius 1 is 1.40 bits per heavy atom. The molecule has 80 valence electrons. The highest BCUT2D eigenvalue weighted by Gasteiger charge is 2.04. The second kappa shape index (κ2) is 4.59. The van der Waals surface area contributed by atoms with Crippen LogP contribution < -0.4 is 5.32 Å². The lowest BCUT2D eigenvalue weighted by Gasteiger charge is -1.95. The molecule has 2 aromatic rings. The zero-order valence-electron chi connectivity index (χ0n) is 9.03. The minimum Gasteiger partial charge on any atom is -0.312 e. The standard InChI is InChI=1S/C11H15N3S/c1-3-12-8-9-4-5-11(15-9)10-6-7-14(2)13-10/h4-7,12H,3,8H2,1-2H3. The van der Waals surface area contributed by atoms with Crippen LogP contribution in [0.25, 0.3) is 10.6 Å². The van der Waals surface area contributed by atoms with E-state index in [0.29, 0.717) is 0 Å². The third-order valence-electron chi connectivity index (χ3n) is 2.18. The van der Waals surface area contributed by atoms with Crippen molar-refractivity contribution in [3.63, 3.8) is 0 Å². The third-order valence-corrected chi connectivity index (χ3v) is 3.28. The summed E-state index contributed by atoms with van der Waals surface area (Å²) in [5.41, 5.74) is 1.06. The number of rotatable bonds is 4. The van der Waals surface area contributed by atoms with E-state index in [1.165, 1.54) is 9.75 Å². The molecule has 0 fully saturated rings. The van der Waals surface area contributed by atoms with Crippen LogP contribution in [0.2, 0.25) is 0 Å². The van der Waals surface area contributed by atoms with Crippen molar-refractivity contribution in [1.82, 2.24) is 15.1 Å². The maximum absolute atomic E-state index is 4.38. The van der Waals surface area contributed by atoms with E-state index in [0.717, 1.165) is 18.8 Å². The largest absolute Gasteiger partial charge is 0.312 e. The highest BCUT2D eigenvalue weighted by molar-refractivity contribution is 7.15. The van der Waals surface area contributed by atoms with E-state index in [-0.39, 0.29) is 0 Å². The van der Waals surface area contributed by atoms with Crippen LogP contribution in [-0.4, -0.2) is 16.3 Å². The zero-order chi connectivity index (χ0) is 10.7. The van der Waals surface area contributed by atoms with Crippen LogP contribution in [0.15, 0.2) is 24.4 Å². The molecule has 0 atom stereocenters. The minimum absolute atomic E-state index is 0.952. The average molecular weight is 221 g/mol. The second-order valence-electron chi connectivity index (χ2n) is 3.42. The van der Waals surface area contributed by atoms with Crippen molar-refractivity contribution >= 4 is 11.3 Å². The van der Waals surface area contributed by atoms with E-state index in [1.54, 1.807) is 11.3 Å². The first-order valence-electron chi connectivity index (χ1n) is 5.09. The van der Waals surface area contributed by atoms with Crippen LogP contribution in [0.3, 0.4) is 0 Å². The number of aromatic nitrogens is 2. The van der Waals surface area contributed by atoms with Crippen molar-refractivity contribution in [2.24, 2.45) is 7.05 Å². The fraction of sp³-hybridized carbons (Fsp3) is 0.364. The minimum atomic E-state index is 0.952. The summed E-state index contributed by atoms with van der Waals surface area (Å²) in [5, 5.41) is 7.70. The Morgan fingerprint density at radius 3 is 2.93 bits per heavy atom. The van der Waals surface area contributed by atoms with Crippen molar-refractivity contribution in [2.45, 2.75) is 13.5 Å². The van der Waals surface area contributed by atoms with Crippen molar-refractivity contribution in [3.05, 3.63) is 29.3 Å². The Labute approximate surface area is 93.7 Å². The lowest BCUT2D eigenvalue weighted by molar-refractivity contribution is 0.735. The summed E-state index contributed by atoms with van der Waals surface area (Å²) in [6, 6.07) is 6.35. The van der Waals surface area contributed by atoms with Gasteiger partial charge in [-0.1, -0.05) is 6.92 Å². The smallest absolute Gasteiger partial charge is 0.102 e. The molecular formula is C11H15N3S. The van der Waals surface area contributed by atoms with E-state index in [1.807, 2.05) is 24.0 Å². The summed E-state index contributed by atoms with van der Waals surface area (Å²) in [5.74, 6) is 0. The fourth-order valence-corrected chi connectivity index (χ4v) is 2.35. The van der Waals surface area contributed by atoms with Gasteiger partial charge < -0.3 is 5.32 Å². The van der Waals surface area contributed by atoms with Gasteiger partial charge in [-0.25, -0.2) is 0 Å². The summed E-state index contributed by atoms with van der Waals surface area (Å²) in [6.45, 7) is 4.08. The first kappa shape index (κ1) is 10.4. The molecule has 0 aromatic carbocycles. The monoisotopic (exact) mass is 221 g/mol. The normalized spacial score (nSPS) is 10.8. The average Bonchev–Trinajstić information content (AvgIpc) is 2.83. The molecule has 3 nitrogen and oxygen atoms in total. The molecule has 0 aliphatic rings. The van der Waals surface area contributed by atoms with Gasteiger partial charge in [-0.3, -0.25) is 4.68 Å². The molecule has 2 aromatic heterocycles. The van der Waals surface area contributed by atoms with E-state index in [4.69, 9.17) is 0 Å². The van der Waals surface area contributed by atoms with Gasteiger partial charge in [0.05, 0.1) is 4.88 Å². The van der Waals surface area contributed by atoms with E-state index in [9.17, 15) is 0 Å². The Morgan fingerprint density at radius 2 is 2.27 bits per heavy atom. The van der Waals surface area contributed by atoms with E-state index < -0.39 is 0 Å². The number of aryl methyl sites for hydroxylation is 1. The Bertz CT molecular complexity index is 430. The highest BCUT2D eigenvalue weighted by Crippen LogP contribution is 2.26. The molecule has 0 aliphatic heterocycles. The van der Waals surface area contributed by atoms with Crippen LogP contribution >= 0.6 is 11.3 Å². The van der Waals surface area contributed by atoms with Crippen molar-refractivity contribution in [2.75, 3.05) is 6.54 Å². The summed E-state index contributed by atoms with van der Waals surface area (Å²) < 4.78 is 1.83. The molecule has 0 saturated heterocycles. The molecule has 0 radical (unpaired) electrons. The predicted molar refractivity (Wildman–Crippen MR) is 63.9 cm³/mol. The van der Waals surface area contributed by atoms with Gasteiger partial charge in [0.1, 0.15) is 5.69 Å².